The number of hydrogen-bond donors (Lipinski definition) is 0. The van der Waals surface area contributed by atoms with Crippen molar-refractivity contribution in [1.29, 1.82) is 0 Å². The second-order valence-corrected chi connectivity index (χ2v) is 9.07. The van der Waals surface area contributed by atoms with Gasteiger partial charge in [-0.2, -0.15) is 0 Å². The van der Waals surface area contributed by atoms with E-state index in [9.17, 15) is 0 Å². The van der Waals surface area contributed by atoms with Crippen molar-refractivity contribution < 1.29 is 14.2 Å². The Hall–Kier alpha value is -1.49. The standard InChI is InChI=1S/C24H29Cl2NO3/c1-28-22-11-10-16(12-24(22)30-18-8-4-5-9-18)23(29-17-6-2-3-7-17)13-19-20(25)14-27-15-21(19)26/h10-12,14-15,17-18,23H,2-9,13H2,1H3. The summed E-state index contributed by atoms with van der Waals surface area (Å²) >= 11 is 12.8. The molecular weight excluding hydrogens is 421 g/mol. The van der Waals surface area contributed by atoms with Gasteiger partial charge in [0.05, 0.1) is 35.5 Å². The minimum atomic E-state index is -0.165. The first-order chi connectivity index (χ1) is 14.6. The molecule has 1 heterocycles. The number of methoxy groups -OCH3 is 1. The van der Waals surface area contributed by atoms with Gasteiger partial charge in [-0.1, -0.05) is 42.1 Å². The molecule has 2 aliphatic carbocycles. The summed E-state index contributed by atoms with van der Waals surface area (Å²) in [5.41, 5.74) is 1.92. The molecule has 0 bridgehead atoms. The lowest BCUT2D eigenvalue weighted by atomic mass is 10.0. The Balaban J connectivity index is 1.63. The van der Waals surface area contributed by atoms with Gasteiger partial charge in [0, 0.05) is 18.8 Å². The van der Waals surface area contributed by atoms with E-state index in [0.29, 0.717) is 16.5 Å². The van der Waals surface area contributed by atoms with E-state index in [-0.39, 0.29) is 18.3 Å². The van der Waals surface area contributed by atoms with Crippen LogP contribution in [0.4, 0.5) is 0 Å². The SMILES string of the molecule is COc1ccc(C(Cc2c(Cl)cncc2Cl)OC2CCCC2)cc1OC1CCCC1. The van der Waals surface area contributed by atoms with Gasteiger partial charge in [0.1, 0.15) is 0 Å². The Bertz CT molecular complexity index is 828. The van der Waals surface area contributed by atoms with E-state index in [0.717, 1.165) is 48.3 Å². The minimum absolute atomic E-state index is 0.165. The smallest absolute Gasteiger partial charge is 0.161 e. The summed E-state index contributed by atoms with van der Waals surface area (Å²) in [5, 5.41) is 1.14. The maximum absolute atomic E-state index is 6.58. The topological polar surface area (TPSA) is 40.6 Å². The van der Waals surface area contributed by atoms with Gasteiger partial charge >= 0.3 is 0 Å². The van der Waals surface area contributed by atoms with Crippen molar-refractivity contribution in [3.63, 3.8) is 0 Å². The van der Waals surface area contributed by atoms with Gasteiger partial charge in [0.2, 0.25) is 0 Å². The molecule has 2 aromatic rings. The number of ether oxygens (including phenoxy) is 3. The molecular formula is C24H29Cl2NO3. The molecule has 2 aliphatic rings. The van der Waals surface area contributed by atoms with Gasteiger partial charge in [-0.15, -0.1) is 0 Å². The van der Waals surface area contributed by atoms with Gasteiger partial charge in [0.25, 0.3) is 0 Å². The molecule has 1 aromatic heterocycles. The van der Waals surface area contributed by atoms with Gasteiger partial charge in [-0.05, 0) is 61.8 Å². The first-order valence-electron chi connectivity index (χ1n) is 10.9. The average molecular weight is 450 g/mol. The predicted molar refractivity (Wildman–Crippen MR) is 120 cm³/mol. The number of aromatic nitrogens is 1. The Morgan fingerprint density at radius 1 is 0.933 bits per heavy atom. The van der Waals surface area contributed by atoms with Crippen LogP contribution < -0.4 is 9.47 Å². The van der Waals surface area contributed by atoms with Crippen molar-refractivity contribution in [1.82, 2.24) is 4.98 Å². The minimum Gasteiger partial charge on any atom is -0.493 e. The third-order valence-corrected chi connectivity index (χ3v) is 6.81. The summed E-state index contributed by atoms with van der Waals surface area (Å²) in [6.07, 6.45) is 13.5. The highest BCUT2D eigenvalue weighted by molar-refractivity contribution is 6.35. The van der Waals surface area contributed by atoms with E-state index in [4.69, 9.17) is 37.4 Å². The highest BCUT2D eigenvalue weighted by Crippen LogP contribution is 2.38. The third kappa shape index (κ3) is 5.22. The Kier molecular flexibility index (Phi) is 7.40. The maximum Gasteiger partial charge on any atom is 0.161 e. The first-order valence-corrected chi connectivity index (χ1v) is 11.7. The fourth-order valence-electron chi connectivity index (χ4n) is 4.49. The number of benzene rings is 1. The van der Waals surface area contributed by atoms with Crippen LogP contribution in [0, 0.1) is 0 Å². The zero-order valence-electron chi connectivity index (χ0n) is 17.4. The van der Waals surface area contributed by atoms with Gasteiger partial charge in [-0.25, -0.2) is 0 Å². The molecule has 1 unspecified atom stereocenters. The van der Waals surface area contributed by atoms with Crippen molar-refractivity contribution in [2.75, 3.05) is 7.11 Å². The zero-order chi connectivity index (χ0) is 20.9. The van der Waals surface area contributed by atoms with Crippen LogP contribution in [-0.2, 0) is 11.2 Å². The molecule has 4 rings (SSSR count). The number of rotatable bonds is 8. The molecule has 162 valence electrons. The van der Waals surface area contributed by atoms with E-state index >= 15 is 0 Å². The Labute approximate surface area is 188 Å². The average Bonchev–Trinajstić information content (AvgIpc) is 3.44. The Morgan fingerprint density at radius 3 is 2.20 bits per heavy atom. The fourth-order valence-corrected chi connectivity index (χ4v) is 5.01. The molecule has 0 spiro atoms. The Morgan fingerprint density at radius 2 is 1.57 bits per heavy atom. The van der Waals surface area contributed by atoms with Crippen LogP contribution in [0.3, 0.4) is 0 Å². The normalized spacial score (nSPS) is 18.6. The van der Waals surface area contributed by atoms with E-state index < -0.39 is 0 Å². The van der Waals surface area contributed by atoms with E-state index in [2.05, 4.69) is 17.1 Å². The predicted octanol–water partition coefficient (Wildman–Crippen LogP) is 6.96. The highest BCUT2D eigenvalue weighted by atomic mass is 35.5. The van der Waals surface area contributed by atoms with Gasteiger partial charge < -0.3 is 14.2 Å². The lowest BCUT2D eigenvalue weighted by molar-refractivity contribution is -0.00933. The second-order valence-electron chi connectivity index (χ2n) is 8.25. The summed E-state index contributed by atoms with van der Waals surface area (Å²) in [6.45, 7) is 0. The van der Waals surface area contributed by atoms with Crippen molar-refractivity contribution >= 4 is 23.2 Å². The van der Waals surface area contributed by atoms with Gasteiger partial charge in [0.15, 0.2) is 11.5 Å². The van der Waals surface area contributed by atoms with Crippen molar-refractivity contribution in [3.8, 4) is 11.5 Å². The largest absolute Gasteiger partial charge is 0.493 e. The van der Waals surface area contributed by atoms with Crippen LogP contribution in [0.1, 0.15) is 68.6 Å². The number of halogens is 2. The van der Waals surface area contributed by atoms with Crippen LogP contribution in [0.2, 0.25) is 10.0 Å². The lowest BCUT2D eigenvalue weighted by Crippen LogP contribution is -2.17. The van der Waals surface area contributed by atoms with Crippen LogP contribution in [0.5, 0.6) is 11.5 Å². The van der Waals surface area contributed by atoms with Gasteiger partial charge in [-0.3, -0.25) is 4.98 Å². The van der Waals surface area contributed by atoms with Crippen molar-refractivity contribution in [2.24, 2.45) is 0 Å². The molecule has 0 aliphatic heterocycles. The molecule has 4 nitrogen and oxygen atoms in total. The number of nitrogens with zero attached hydrogens (tertiary/aromatic N) is 1. The van der Waals surface area contributed by atoms with Crippen LogP contribution >= 0.6 is 23.2 Å². The number of pyridine rings is 1. The van der Waals surface area contributed by atoms with Crippen molar-refractivity contribution in [3.05, 3.63) is 51.8 Å². The van der Waals surface area contributed by atoms with E-state index in [1.165, 1.54) is 25.7 Å². The molecule has 0 amide bonds. The van der Waals surface area contributed by atoms with Crippen LogP contribution in [0.25, 0.3) is 0 Å². The molecule has 1 aromatic carbocycles. The van der Waals surface area contributed by atoms with Crippen LogP contribution in [0.15, 0.2) is 30.6 Å². The molecule has 0 N–H and O–H groups in total. The molecule has 2 saturated carbocycles. The summed E-state index contributed by atoms with van der Waals surface area (Å²) in [6, 6.07) is 6.10. The molecule has 0 saturated heterocycles. The van der Waals surface area contributed by atoms with E-state index in [1.807, 2.05) is 6.07 Å². The monoisotopic (exact) mass is 449 g/mol. The number of hydrogen-bond acceptors (Lipinski definition) is 4. The fraction of sp³-hybridized carbons (Fsp3) is 0.542. The first kappa shape index (κ1) is 21.7. The van der Waals surface area contributed by atoms with Crippen LogP contribution in [-0.4, -0.2) is 24.3 Å². The summed E-state index contributed by atoms with van der Waals surface area (Å²) in [7, 11) is 1.68. The van der Waals surface area contributed by atoms with E-state index in [1.54, 1.807) is 19.5 Å². The summed E-state index contributed by atoms with van der Waals surface area (Å²) < 4.78 is 18.5. The van der Waals surface area contributed by atoms with Crippen molar-refractivity contribution in [2.45, 2.75) is 76.1 Å². The second kappa shape index (κ2) is 10.2. The summed E-state index contributed by atoms with van der Waals surface area (Å²) in [4.78, 5) is 4.08. The highest BCUT2D eigenvalue weighted by Gasteiger charge is 2.26. The lowest BCUT2D eigenvalue weighted by Gasteiger charge is -2.25. The molecule has 30 heavy (non-hydrogen) atoms. The zero-order valence-corrected chi connectivity index (χ0v) is 18.9. The molecule has 2 fully saturated rings. The quantitative estimate of drug-likeness (QED) is 0.436. The third-order valence-electron chi connectivity index (χ3n) is 6.16. The maximum atomic E-state index is 6.58. The molecule has 0 radical (unpaired) electrons. The summed E-state index contributed by atoms with van der Waals surface area (Å²) in [5.74, 6) is 1.54. The molecule has 1 atom stereocenters. The molecule has 6 heteroatoms.